The van der Waals surface area contributed by atoms with Crippen LogP contribution in [0.2, 0.25) is 0 Å². The van der Waals surface area contributed by atoms with Crippen molar-refractivity contribution in [3.63, 3.8) is 0 Å². The monoisotopic (exact) mass is 235 g/mol. The largest absolute Gasteiger partial charge is 0.478 e. The average molecular weight is 235 g/mol. The molecule has 6 heteroatoms. The number of aromatic nitrogens is 1. The van der Waals surface area contributed by atoms with Crippen LogP contribution in [-0.4, -0.2) is 35.1 Å². The number of carbonyl (C=O) groups excluding carboxylic acids is 1. The molecule has 0 aliphatic carbocycles. The Bertz CT molecular complexity index is 461. The van der Waals surface area contributed by atoms with Gasteiger partial charge in [-0.25, -0.2) is 4.79 Å². The van der Waals surface area contributed by atoms with Crippen molar-refractivity contribution in [3.8, 4) is 0 Å². The van der Waals surface area contributed by atoms with E-state index < -0.39 is 5.97 Å². The summed E-state index contributed by atoms with van der Waals surface area (Å²) >= 11 is 0. The molecule has 2 heterocycles. The van der Waals surface area contributed by atoms with Gasteiger partial charge in [0.05, 0.1) is 5.69 Å². The molecule has 6 nitrogen and oxygen atoms in total. The first-order valence-electron chi connectivity index (χ1n) is 5.31. The number of nitrogens with zero attached hydrogens (tertiary/aromatic N) is 2. The van der Waals surface area contributed by atoms with Crippen LogP contribution in [0.5, 0.6) is 0 Å². The van der Waals surface area contributed by atoms with Gasteiger partial charge in [0.1, 0.15) is 5.56 Å². The Kier molecular flexibility index (Phi) is 3.06. The van der Waals surface area contributed by atoms with Crippen LogP contribution in [0.25, 0.3) is 0 Å². The van der Waals surface area contributed by atoms with Gasteiger partial charge < -0.3 is 15.7 Å². The molecular formula is C11H13N3O3. The maximum Gasteiger partial charge on any atom is 0.339 e. The molecule has 0 bridgehead atoms. The van der Waals surface area contributed by atoms with E-state index in [0.29, 0.717) is 25.2 Å². The Morgan fingerprint density at radius 2 is 2.41 bits per heavy atom. The number of carbonyl (C=O) groups is 2. The van der Waals surface area contributed by atoms with Gasteiger partial charge in [-0.2, -0.15) is 0 Å². The van der Waals surface area contributed by atoms with Gasteiger partial charge in [0.15, 0.2) is 0 Å². The highest BCUT2D eigenvalue weighted by atomic mass is 16.4. The molecule has 1 amide bonds. The molecule has 17 heavy (non-hydrogen) atoms. The standard InChI is InChI=1S/C11H13N3O3/c12-4-7-3-10(15)14(6-7)9-1-2-13-5-8(9)11(16)17/h1-2,5,7H,3-4,6,12H2,(H,16,17). The number of rotatable bonds is 3. The first-order valence-corrected chi connectivity index (χ1v) is 5.31. The molecule has 3 N–H and O–H groups in total. The summed E-state index contributed by atoms with van der Waals surface area (Å²) in [5, 5.41) is 9.03. The summed E-state index contributed by atoms with van der Waals surface area (Å²) in [6.07, 6.45) is 3.10. The van der Waals surface area contributed by atoms with E-state index in [4.69, 9.17) is 10.8 Å². The first kappa shape index (κ1) is 11.5. The van der Waals surface area contributed by atoms with Crippen LogP contribution in [0.3, 0.4) is 0 Å². The summed E-state index contributed by atoms with van der Waals surface area (Å²) < 4.78 is 0. The van der Waals surface area contributed by atoms with Gasteiger partial charge in [-0.1, -0.05) is 0 Å². The third-order valence-corrected chi connectivity index (χ3v) is 2.86. The molecule has 0 radical (unpaired) electrons. The van der Waals surface area contributed by atoms with Crippen molar-refractivity contribution in [1.29, 1.82) is 0 Å². The van der Waals surface area contributed by atoms with Crippen LogP contribution in [0.4, 0.5) is 5.69 Å². The summed E-state index contributed by atoms with van der Waals surface area (Å²) in [7, 11) is 0. The lowest BCUT2D eigenvalue weighted by molar-refractivity contribution is -0.117. The first-order chi connectivity index (χ1) is 8.13. The zero-order valence-corrected chi connectivity index (χ0v) is 9.17. The highest BCUT2D eigenvalue weighted by Crippen LogP contribution is 2.27. The van der Waals surface area contributed by atoms with Crippen molar-refractivity contribution >= 4 is 17.6 Å². The zero-order valence-electron chi connectivity index (χ0n) is 9.17. The summed E-state index contributed by atoms with van der Waals surface area (Å²) in [4.78, 5) is 28.0. The quantitative estimate of drug-likeness (QED) is 0.774. The number of hydrogen-bond acceptors (Lipinski definition) is 4. The van der Waals surface area contributed by atoms with Crippen molar-refractivity contribution in [2.75, 3.05) is 18.0 Å². The molecule has 1 aromatic rings. The molecule has 90 valence electrons. The predicted molar refractivity (Wildman–Crippen MR) is 60.7 cm³/mol. The van der Waals surface area contributed by atoms with Crippen molar-refractivity contribution in [2.45, 2.75) is 6.42 Å². The van der Waals surface area contributed by atoms with E-state index in [1.165, 1.54) is 17.3 Å². The van der Waals surface area contributed by atoms with Crippen molar-refractivity contribution in [2.24, 2.45) is 11.7 Å². The molecule has 0 spiro atoms. The molecule has 1 fully saturated rings. The minimum absolute atomic E-state index is 0.0403. The van der Waals surface area contributed by atoms with E-state index in [0.717, 1.165) is 0 Å². The molecule has 0 saturated carbocycles. The molecule has 1 saturated heterocycles. The minimum Gasteiger partial charge on any atom is -0.478 e. The van der Waals surface area contributed by atoms with Crippen molar-refractivity contribution < 1.29 is 14.7 Å². The van der Waals surface area contributed by atoms with Crippen LogP contribution >= 0.6 is 0 Å². The smallest absolute Gasteiger partial charge is 0.339 e. The number of carboxylic acids is 1. The van der Waals surface area contributed by atoms with E-state index in [-0.39, 0.29) is 17.4 Å². The van der Waals surface area contributed by atoms with Crippen LogP contribution in [-0.2, 0) is 4.79 Å². The summed E-state index contributed by atoms with van der Waals surface area (Å²) in [5.74, 6) is -1.08. The average Bonchev–Trinajstić information content (AvgIpc) is 2.70. The molecular weight excluding hydrogens is 222 g/mol. The van der Waals surface area contributed by atoms with Crippen molar-refractivity contribution in [3.05, 3.63) is 24.0 Å². The second kappa shape index (κ2) is 4.50. The highest BCUT2D eigenvalue weighted by Gasteiger charge is 2.31. The summed E-state index contributed by atoms with van der Waals surface area (Å²) in [5.41, 5.74) is 5.96. The van der Waals surface area contributed by atoms with Crippen LogP contribution in [0, 0.1) is 5.92 Å². The fourth-order valence-electron chi connectivity index (χ4n) is 1.96. The SMILES string of the molecule is NCC1CC(=O)N(c2ccncc2C(=O)O)C1. The second-order valence-corrected chi connectivity index (χ2v) is 4.01. The van der Waals surface area contributed by atoms with Crippen LogP contribution in [0.15, 0.2) is 18.5 Å². The number of pyridine rings is 1. The summed E-state index contributed by atoms with van der Waals surface area (Å²) in [6.45, 7) is 0.898. The van der Waals surface area contributed by atoms with Crippen LogP contribution in [0.1, 0.15) is 16.8 Å². The maximum absolute atomic E-state index is 11.8. The van der Waals surface area contributed by atoms with Gasteiger partial charge in [0.2, 0.25) is 5.91 Å². The Balaban J connectivity index is 2.35. The lowest BCUT2D eigenvalue weighted by Crippen LogP contribution is -2.27. The van der Waals surface area contributed by atoms with E-state index in [2.05, 4.69) is 4.98 Å². The normalized spacial score (nSPS) is 19.7. The molecule has 1 aromatic heterocycles. The third-order valence-electron chi connectivity index (χ3n) is 2.86. The fourth-order valence-corrected chi connectivity index (χ4v) is 1.96. The minimum atomic E-state index is -1.09. The summed E-state index contributed by atoms with van der Waals surface area (Å²) in [6, 6.07) is 1.54. The molecule has 1 aliphatic rings. The fraction of sp³-hybridized carbons (Fsp3) is 0.364. The van der Waals surface area contributed by atoms with Crippen molar-refractivity contribution in [1.82, 2.24) is 4.98 Å². The Morgan fingerprint density at radius 1 is 1.65 bits per heavy atom. The number of hydrogen-bond donors (Lipinski definition) is 2. The van der Waals surface area contributed by atoms with E-state index in [1.54, 1.807) is 6.07 Å². The number of anilines is 1. The maximum atomic E-state index is 11.8. The predicted octanol–water partition coefficient (Wildman–Crippen LogP) is 0.0914. The molecule has 0 aromatic carbocycles. The van der Waals surface area contributed by atoms with Gasteiger partial charge in [-0.3, -0.25) is 9.78 Å². The number of aromatic carboxylic acids is 1. The van der Waals surface area contributed by atoms with Gasteiger partial charge in [-0.15, -0.1) is 0 Å². The highest BCUT2D eigenvalue weighted by molar-refractivity contribution is 6.02. The number of carboxylic acid groups (broad SMARTS) is 1. The lowest BCUT2D eigenvalue weighted by Gasteiger charge is -2.18. The molecule has 1 aliphatic heterocycles. The van der Waals surface area contributed by atoms with Gasteiger partial charge >= 0.3 is 5.97 Å². The molecule has 2 rings (SSSR count). The van der Waals surface area contributed by atoms with E-state index in [9.17, 15) is 9.59 Å². The second-order valence-electron chi connectivity index (χ2n) is 4.01. The van der Waals surface area contributed by atoms with Gasteiger partial charge in [0, 0.05) is 25.4 Å². The van der Waals surface area contributed by atoms with E-state index in [1.807, 2.05) is 0 Å². The number of amides is 1. The van der Waals surface area contributed by atoms with Crippen LogP contribution < -0.4 is 10.6 Å². The Hall–Kier alpha value is -1.95. The van der Waals surface area contributed by atoms with E-state index >= 15 is 0 Å². The zero-order chi connectivity index (χ0) is 12.4. The molecule has 1 unspecified atom stereocenters. The topological polar surface area (TPSA) is 96.5 Å². The Morgan fingerprint density at radius 3 is 3.00 bits per heavy atom. The molecule has 1 atom stereocenters. The third kappa shape index (κ3) is 2.12. The Labute approximate surface area is 98.1 Å². The van der Waals surface area contributed by atoms with Gasteiger partial charge in [-0.05, 0) is 18.5 Å². The lowest BCUT2D eigenvalue weighted by atomic mass is 10.1. The number of nitrogens with two attached hydrogens (primary N) is 1. The van der Waals surface area contributed by atoms with Gasteiger partial charge in [0.25, 0.3) is 0 Å².